The third kappa shape index (κ3) is 5.12. The van der Waals surface area contributed by atoms with Crippen molar-refractivity contribution in [2.24, 2.45) is 0 Å². The van der Waals surface area contributed by atoms with E-state index in [1.54, 1.807) is 0 Å². The summed E-state index contributed by atoms with van der Waals surface area (Å²) in [7, 11) is -4.10. The van der Waals surface area contributed by atoms with Gasteiger partial charge >= 0.3 is 0 Å². The second-order valence-corrected chi connectivity index (χ2v) is 9.08. The van der Waals surface area contributed by atoms with Crippen molar-refractivity contribution in [3.05, 3.63) is 58.4 Å². The zero-order valence-electron chi connectivity index (χ0n) is 15.5. The van der Waals surface area contributed by atoms with E-state index < -0.39 is 45.5 Å². The number of aliphatic hydroxyl groups is 1. The summed E-state index contributed by atoms with van der Waals surface area (Å²) in [6, 6.07) is 4.18. The number of carbonyl (C=O) groups excluding carboxylic acids is 1. The first-order valence-electron chi connectivity index (χ1n) is 9.02. The van der Waals surface area contributed by atoms with Gasteiger partial charge in [-0.3, -0.25) is 4.79 Å². The lowest BCUT2D eigenvalue weighted by atomic mass is 9.94. The van der Waals surface area contributed by atoms with Crippen LogP contribution in [0.25, 0.3) is 0 Å². The van der Waals surface area contributed by atoms with Crippen molar-refractivity contribution >= 4 is 33.2 Å². The molecule has 162 valence electrons. The fraction of sp³-hybridized carbons (Fsp3) is 0.316. The van der Waals surface area contributed by atoms with E-state index in [0.29, 0.717) is 31.4 Å². The van der Waals surface area contributed by atoms with Crippen LogP contribution in [-0.4, -0.2) is 31.6 Å². The number of benzene rings is 2. The molecule has 1 saturated carbocycles. The Balaban J connectivity index is 1.82. The van der Waals surface area contributed by atoms with Crippen molar-refractivity contribution in [1.29, 1.82) is 0 Å². The van der Waals surface area contributed by atoms with Crippen LogP contribution >= 0.6 is 11.6 Å². The highest BCUT2D eigenvalue weighted by molar-refractivity contribution is 7.89. The third-order valence-corrected chi connectivity index (χ3v) is 6.70. The molecule has 30 heavy (non-hydrogen) atoms. The van der Waals surface area contributed by atoms with Crippen molar-refractivity contribution in [2.75, 3.05) is 5.32 Å². The fourth-order valence-electron chi connectivity index (χ4n) is 3.24. The molecule has 1 aliphatic carbocycles. The van der Waals surface area contributed by atoms with E-state index in [0.717, 1.165) is 6.07 Å². The molecule has 11 heteroatoms. The van der Waals surface area contributed by atoms with Crippen LogP contribution in [0.3, 0.4) is 0 Å². The lowest BCUT2D eigenvalue weighted by molar-refractivity contribution is 0.102. The zero-order chi connectivity index (χ0) is 22.1. The van der Waals surface area contributed by atoms with Gasteiger partial charge in [-0.2, -0.15) is 0 Å². The Morgan fingerprint density at radius 1 is 1.10 bits per heavy atom. The molecule has 2 aromatic rings. The minimum absolute atomic E-state index is 0.130. The molecule has 0 aromatic heterocycles. The summed E-state index contributed by atoms with van der Waals surface area (Å²) >= 11 is 6.01. The lowest BCUT2D eigenvalue weighted by Gasteiger charge is -2.26. The molecule has 3 rings (SSSR count). The quantitative estimate of drug-likeness (QED) is 0.592. The Kier molecular flexibility index (Phi) is 6.71. The number of sulfonamides is 1. The molecule has 2 unspecified atom stereocenters. The molecule has 1 fully saturated rings. The van der Waals surface area contributed by atoms with Gasteiger partial charge in [-0.1, -0.05) is 11.6 Å². The second kappa shape index (κ2) is 8.93. The fourth-order valence-corrected chi connectivity index (χ4v) is 5.04. The molecule has 0 radical (unpaired) electrons. The molecule has 0 saturated heterocycles. The van der Waals surface area contributed by atoms with Crippen molar-refractivity contribution in [1.82, 2.24) is 4.72 Å². The molecule has 6 nitrogen and oxygen atoms in total. The molecular weight excluding hydrogens is 445 g/mol. The molecule has 0 aliphatic heterocycles. The SMILES string of the molecule is O=C(Nc1cc(F)c(F)c(F)c1)c1ccc(Cl)c(S(=O)(=O)NC2CCCC(O)C2)c1. The first-order chi connectivity index (χ1) is 14.1. The van der Waals surface area contributed by atoms with E-state index in [2.05, 4.69) is 10.0 Å². The summed E-state index contributed by atoms with van der Waals surface area (Å²) in [4.78, 5) is 12.1. The Bertz CT molecular complexity index is 1060. The highest BCUT2D eigenvalue weighted by atomic mass is 35.5. The molecule has 3 N–H and O–H groups in total. The normalized spacial score (nSPS) is 19.5. The molecule has 0 heterocycles. The predicted octanol–water partition coefficient (Wildman–Crippen LogP) is 3.59. The first kappa shape index (κ1) is 22.5. The summed E-state index contributed by atoms with van der Waals surface area (Å²) in [6.45, 7) is 0. The largest absolute Gasteiger partial charge is 0.393 e. The van der Waals surface area contributed by atoms with E-state index >= 15 is 0 Å². The van der Waals surface area contributed by atoms with Gasteiger partial charge in [0, 0.05) is 29.4 Å². The van der Waals surface area contributed by atoms with Gasteiger partial charge in [0.05, 0.1) is 11.1 Å². The Morgan fingerprint density at radius 2 is 1.77 bits per heavy atom. The van der Waals surface area contributed by atoms with Gasteiger partial charge in [-0.05, 0) is 43.9 Å². The number of amides is 1. The van der Waals surface area contributed by atoms with Crippen LogP contribution < -0.4 is 10.0 Å². The summed E-state index contributed by atoms with van der Waals surface area (Å²) in [6.07, 6.45) is 1.47. The van der Waals surface area contributed by atoms with E-state index in [-0.39, 0.29) is 27.6 Å². The zero-order valence-corrected chi connectivity index (χ0v) is 17.0. The first-order valence-corrected chi connectivity index (χ1v) is 10.9. The average molecular weight is 463 g/mol. The van der Waals surface area contributed by atoms with E-state index in [1.165, 1.54) is 12.1 Å². The molecule has 1 aliphatic rings. The van der Waals surface area contributed by atoms with Gasteiger partial charge in [0.1, 0.15) is 4.90 Å². The molecule has 2 atom stereocenters. The van der Waals surface area contributed by atoms with Gasteiger partial charge in [-0.15, -0.1) is 0 Å². The Morgan fingerprint density at radius 3 is 2.40 bits per heavy atom. The van der Waals surface area contributed by atoms with Crippen LogP contribution in [-0.2, 0) is 10.0 Å². The summed E-state index contributed by atoms with van der Waals surface area (Å²) in [5.41, 5.74) is -0.487. The standard InChI is InChI=1S/C19H18ClF3N2O4S/c20-14-5-4-10(19(27)24-12-8-15(21)18(23)16(22)9-12)6-17(14)30(28,29)25-11-2-1-3-13(26)7-11/h4-6,8-9,11,13,25-26H,1-3,7H2,(H,24,27). The average Bonchev–Trinajstić information content (AvgIpc) is 2.65. The van der Waals surface area contributed by atoms with E-state index in [4.69, 9.17) is 11.6 Å². The van der Waals surface area contributed by atoms with E-state index in [9.17, 15) is 31.5 Å². The number of hydrogen-bond acceptors (Lipinski definition) is 4. The number of aliphatic hydroxyl groups excluding tert-OH is 1. The number of halogens is 4. The van der Waals surface area contributed by atoms with E-state index in [1.807, 2.05) is 0 Å². The molecule has 0 bridgehead atoms. The van der Waals surface area contributed by atoms with Gasteiger partial charge in [0.2, 0.25) is 10.0 Å². The highest BCUT2D eigenvalue weighted by Gasteiger charge is 2.27. The molecular formula is C19H18ClF3N2O4S. The predicted molar refractivity (Wildman–Crippen MR) is 104 cm³/mol. The Hall–Kier alpha value is -2.14. The highest BCUT2D eigenvalue weighted by Crippen LogP contribution is 2.26. The minimum atomic E-state index is -4.10. The number of anilines is 1. The lowest BCUT2D eigenvalue weighted by Crippen LogP contribution is -2.39. The van der Waals surface area contributed by atoms with Gasteiger partial charge < -0.3 is 10.4 Å². The molecule has 2 aromatic carbocycles. The maximum absolute atomic E-state index is 13.3. The van der Waals surface area contributed by atoms with Crippen molar-refractivity contribution in [3.8, 4) is 0 Å². The van der Waals surface area contributed by atoms with Gasteiger partial charge in [0.25, 0.3) is 5.91 Å². The van der Waals surface area contributed by atoms with Crippen LogP contribution in [0.2, 0.25) is 5.02 Å². The van der Waals surface area contributed by atoms with Gasteiger partial charge in [-0.25, -0.2) is 26.3 Å². The summed E-state index contributed by atoms with van der Waals surface area (Å²) in [5.74, 6) is -5.51. The minimum Gasteiger partial charge on any atom is -0.393 e. The summed E-state index contributed by atoms with van der Waals surface area (Å²) in [5, 5.41) is 11.8. The Labute approximate surface area is 176 Å². The summed E-state index contributed by atoms with van der Waals surface area (Å²) < 4.78 is 67.7. The van der Waals surface area contributed by atoms with Crippen molar-refractivity contribution in [2.45, 2.75) is 42.7 Å². The maximum atomic E-state index is 13.3. The van der Waals surface area contributed by atoms with Crippen molar-refractivity contribution in [3.63, 3.8) is 0 Å². The van der Waals surface area contributed by atoms with Crippen LogP contribution in [0.1, 0.15) is 36.0 Å². The van der Waals surface area contributed by atoms with Crippen LogP contribution in [0.15, 0.2) is 35.2 Å². The van der Waals surface area contributed by atoms with Crippen molar-refractivity contribution < 1.29 is 31.5 Å². The maximum Gasteiger partial charge on any atom is 0.255 e. The molecule has 1 amide bonds. The smallest absolute Gasteiger partial charge is 0.255 e. The number of carbonyl (C=O) groups is 1. The number of rotatable bonds is 5. The number of hydrogen-bond donors (Lipinski definition) is 3. The van der Waals surface area contributed by atoms with Gasteiger partial charge in [0.15, 0.2) is 17.5 Å². The number of nitrogens with one attached hydrogen (secondary N) is 2. The molecule has 0 spiro atoms. The van der Waals surface area contributed by atoms with Crippen LogP contribution in [0.5, 0.6) is 0 Å². The topological polar surface area (TPSA) is 95.5 Å². The monoisotopic (exact) mass is 462 g/mol. The van der Waals surface area contributed by atoms with Crippen LogP contribution in [0, 0.1) is 17.5 Å². The second-order valence-electron chi connectivity index (χ2n) is 6.99. The third-order valence-electron chi connectivity index (χ3n) is 4.69. The van der Waals surface area contributed by atoms with Crippen LogP contribution in [0.4, 0.5) is 18.9 Å².